The van der Waals surface area contributed by atoms with E-state index < -0.39 is 0 Å². The Morgan fingerprint density at radius 3 is 2.77 bits per heavy atom. The maximum atomic E-state index is 10.5. The van der Waals surface area contributed by atoms with Crippen LogP contribution in [0.15, 0.2) is 23.1 Å². The van der Waals surface area contributed by atoms with Gasteiger partial charge < -0.3 is 0 Å². The van der Waals surface area contributed by atoms with E-state index in [9.17, 15) is 10.1 Å². The van der Waals surface area contributed by atoms with Gasteiger partial charge >= 0.3 is 0 Å². The highest BCUT2D eigenvalue weighted by molar-refractivity contribution is 14.1. The molecule has 0 unspecified atom stereocenters. The van der Waals surface area contributed by atoms with Crippen LogP contribution in [0.3, 0.4) is 0 Å². The summed E-state index contributed by atoms with van der Waals surface area (Å²) in [5, 5.41) is 10.5. The average molecular weight is 309 g/mol. The van der Waals surface area contributed by atoms with Gasteiger partial charge in [-0.3, -0.25) is 10.1 Å². The Kier molecular flexibility index (Phi) is 3.98. The summed E-state index contributed by atoms with van der Waals surface area (Å²) in [7, 11) is 0. The van der Waals surface area contributed by atoms with Crippen LogP contribution < -0.4 is 0 Å². The maximum absolute atomic E-state index is 10.5. The molecule has 1 aromatic carbocycles. The lowest BCUT2D eigenvalue weighted by molar-refractivity contribution is -0.385. The first kappa shape index (κ1) is 10.8. The molecule has 0 aliphatic rings. The third-order valence-corrected chi connectivity index (χ3v) is 3.17. The Labute approximate surface area is 94.2 Å². The molecule has 1 aromatic rings. The van der Waals surface area contributed by atoms with Gasteiger partial charge in [-0.15, -0.1) is 11.8 Å². The molecule has 0 aliphatic carbocycles. The summed E-state index contributed by atoms with van der Waals surface area (Å²) >= 11 is 3.67. The fourth-order valence-electron chi connectivity index (χ4n) is 0.892. The summed E-state index contributed by atoms with van der Waals surface area (Å²) in [4.78, 5) is 11.2. The summed E-state index contributed by atoms with van der Waals surface area (Å²) in [5.41, 5.74) is 0.182. The molecular formula is C8H8INO2S. The molecule has 70 valence electrons. The molecule has 0 saturated heterocycles. The van der Waals surface area contributed by atoms with Crippen LogP contribution in [0.25, 0.3) is 0 Å². The van der Waals surface area contributed by atoms with E-state index in [1.807, 2.05) is 28.7 Å². The molecule has 0 aliphatic heterocycles. The number of thioether (sulfide) groups is 1. The summed E-state index contributed by atoms with van der Waals surface area (Å²) in [6.45, 7) is 2.05. The number of benzene rings is 1. The molecule has 0 radical (unpaired) electrons. The minimum Gasteiger partial charge on any atom is -0.258 e. The van der Waals surface area contributed by atoms with E-state index >= 15 is 0 Å². The minimum absolute atomic E-state index is 0.182. The summed E-state index contributed by atoms with van der Waals surface area (Å²) in [6, 6.07) is 5.18. The van der Waals surface area contributed by atoms with Gasteiger partial charge in [-0.25, -0.2) is 0 Å². The van der Waals surface area contributed by atoms with Gasteiger partial charge in [0.25, 0.3) is 5.69 Å². The second-order valence-electron chi connectivity index (χ2n) is 2.30. The number of hydrogen-bond donors (Lipinski definition) is 0. The monoisotopic (exact) mass is 309 g/mol. The number of nitro benzene ring substituents is 1. The van der Waals surface area contributed by atoms with Crippen molar-refractivity contribution in [3.8, 4) is 0 Å². The molecule has 3 nitrogen and oxygen atoms in total. The SMILES string of the molecule is CCSc1ccc([N+](=O)[O-])c(I)c1. The fourth-order valence-corrected chi connectivity index (χ4v) is 2.51. The van der Waals surface area contributed by atoms with Crippen molar-refractivity contribution in [1.82, 2.24) is 0 Å². The summed E-state index contributed by atoms with van der Waals surface area (Å²) in [5.74, 6) is 0.980. The highest BCUT2D eigenvalue weighted by Gasteiger charge is 2.10. The van der Waals surface area contributed by atoms with Gasteiger partial charge in [0, 0.05) is 11.0 Å². The molecule has 0 fully saturated rings. The van der Waals surface area contributed by atoms with E-state index in [0.29, 0.717) is 3.57 Å². The Morgan fingerprint density at radius 2 is 2.31 bits per heavy atom. The summed E-state index contributed by atoms with van der Waals surface area (Å²) in [6.07, 6.45) is 0. The highest BCUT2D eigenvalue weighted by Crippen LogP contribution is 2.26. The average Bonchev–Trinajstić information content (AvgIpc) is 2.04. The smallest absolute Gasteiger partial charge is 0.258 e. The zero-order valence-electron chi connectivity index (χ0n) is 6.99. The fraction of sp³-hybridized carbons (Fsp3) is 0.250. The lowest BCUT2D eigenvalue weighted by Gasteiger charge is -1.99. The molecular weight excluding hydrogens is 301 g/mol. The number of rotatable bonds is 3. The maximum Gasteiger partial charge on any atom is 0.282 e. The number of halogens is 1. The van der Waals surface area contributed by atoms with Crippen LogP contribution in [-0.2, 0) is 0 Å². The second kappa shape index (κ2) is 4.80. The number of hydrogen-bond acceptors (Lipinski definition) is 3. The van der Waals surface area contributed by atoms with Crippen molar-refractivity contribution in [2.45, 2.75) is 11.8 Å². The van der Waals surface area contributed by atoms with Crippen molar-refractivity contribution in [3.05, 3.63) is 31.9 Å². The van der Waals surface area contributed by atoms with Crippen LogP contribution in [0.2, 0.25) is 0 Å². The lowest BCUT2D eigenvalue weighted by atomic mass is 10.3. The Balaban J connectivity index is 2.98. The Hall–Kier alpha value is -0.300. The van der Waals surface area contributed by atoms with E-state index in [4.69, 9.17) is 0 Å². The third kappa shape index (κ3) is 2.84. The first-order valence-corrected chi connectivity index (χ1v) is 5.78. The first-order chi connectivity index (χ1) is 6.15. The van der Waals surface area contributed by atoms with Crippen molar-refractivity contribution in [2.75, 3.05) is 5.75 Å². The molecule has 0 bridgehead atoms. The Morgan fingerprint density at radius 1 is 1.62 bits per heavy atom. The topological polar surface area (TPSA) is 43.1 Å². The van der Waals surface area contributed by atoms with Crippen molar-refractivity contribution >= 4 is 40.0 Å². The minimum atomic E-state index is -0.359. The molecule has 0 N–H and O–H groups in total. The molecule has 0 spiro atoms. The third-order valence-electron chi connectivity index (χ3n) is 1.43. The molecule has 0 saturated carbocycles. The van der Waals surface area contributed by atoms with E-state index in [1.165, 1.54) is 0 Å². The second-order valence-corrected chi connectivity index (χ2v) is 4.80. The van der Waals surface area contributed by atoms with E-state index in [-0.39, 0.29) is 10.6 Å². The van der Waals surface area contributed by atoms with Crippen LogP contribution >= 0.6 is 34.4 Å². The molecule has 1 rings (SSSR count). The van der Waals surface area contributed by atoms with Crippen molar-refractivity contribution in [2.24, 2.45) is 0 Å². The molecule has 13 heavy (non-hydrogen) atoms. The van der Waals surface area contributed by atoms with Crippen LogP contribution in [0.1, 0.15) is 6.92 Å². The van der Waals surface area contributed by atoms with Gasteiger partial charge in [0.15, 0.2) is 0 Å². The van der Waals surface area contributed by atoms with Crippen LogP contribution in [0.5, 0.6) is 0 Å². The van der Waals surface area contributed by atoms with E-state index in [2.05, 4.69) is 6.92 Å². The van der Waals surface area contributed by atoms with Crippen molar-refractivity contribution < 1.29 is 4.92 Å². The zero-order chi connectivity index (χ0) is 9.84. The Bertz CT molecular complexity index is 330. The van der Waals surface area contributed by atoms with Crippen LogP contribution in [0, 0.1) is 13.7 Å². The summed E-state index contributed by atoms with van der Waals surface area (Å²) < 4.78 is 0.695. The number of nitrogens with zero attached hydrogens (tertiary/aromatic N) is 1. The molecule has 0 atom stereocenters. The van der Waals surface area contributed by atoms with E-state index in [0.717, 1.165) is 10.6 Å². The highest BCUT2D eigenvalue weighted by atomic mass is 127. The van der Waals surface area contributed by atoms with Crippen LogP contribution in [-0.4, -0.2) is 10.7 Å². The predicted molar refractivity (Wildman–Crippen MR) is 62.2 cm³/mol. The van der Waals surface area contributed by atoms with Gasteiger partial charge in [0.1, 0.15) is 0 Å². The van der Waals surface area contributed by atoms with Gasteiger partial charge in [-0.1, -0.05) is 6.92 Å². The molecule has 0 heterocycles. The normalized spacial score (nSPS) is 10.0. The molecule has 0 amide bonds. The molecule has 5 heteroatoms. The van der Waals surface area contributed by atoms with E-state index in [1.54, 1.807) is 23.9 Å². The van der Waals surface area contributed by atoms with Gasteiger partial charge in [0.2, 0.25) is 0 Å². The standard InChI is InChI=1S/C8H8INO2S/c1-2-13-6-3-4-8(10(11)12)7(9)5-6/h3-5H,2H2,1H3. The van der Waals surface area contributed by atoms with Crippen molar-refractivity contribution in [1.29, 1.82) is 0 Å². The first-order valence-electron chi connectivity index (χ1n) is 3.72. The van der Waals surface area contributed by atoms with Gasteiger partial charge in [-0.2, -0.15) is 0 Å². The quantitative estimate of drug-likeness (QED) is 0.372. The lowest BCUT2D eigenvalue weighted by Crippen LogP contribution is -1.91. The molecule has 0 aromatic heterocycles. The van der Waals surface area contributed by atoms with Crippen molar-refractivity contribution in [3.63, 3.8) is 0 Å². The zero-order valence-corrected chi connectivity index (χ0v) is 9.96. The van der Waals surface area contributed by atoms with Gasteiger partial charge in [0.05, 0.1) is 8.49 Å². The largest absolute Gasteiger partial charge is 0.282 e. The predicted octanol–water partition coefficient (Wildman–Crippen LogP) is 3.31. The number of nitro groups is 1. The van der Waals surface area contributed by atoms with Crippen LogP contribution in [0.4, 0.5) is 5.69 Å². The van der Waals surface area contributed by atoms with Gasteiger partial charge in [-0.05, 0) is 40.5 Å².